The van der Waals surface area contributed by atoms with Crippen LogP contribution in [0.15, 0.2) is 23.1 Å². The van der Waals surface area contributed by atoms with Gasteiger partial charge in [0.15, 0.2) is 0 Å². The molecule has 0 heterocycles. The molecule has 19 heavy (non-hydrogen) atoms. The maximum absolute atomic E-state index is 13.4. The third-order valence-corrected chi connectivity index (χ3v) is 4.18. The molecule has 3 nitrogen and oxygen atoms in total. The smallest absolute Gasteiger partial charge is 0.210 e. The minimum atomic E-state index is -4.09. The molecule has 1 unspecified atom stereocenters. The van der Waals surface area contributed by atoms with Gasteiger partial charge < -0.3 is 0 Å². The van der Waals surface area contributed by atoms with Crippen molar-refractivity contribution in [2.24, 2.45) is 5.92 Å². The summed E-state index contributed by atoms with van der Waals surface area (Å²) in [5, 5.41) is -0.397. The normalized spacial score (nSPS) is 13.8. The van der Waals surface area contributed by atoms with Gasteiger partial charge in [0, 0.05) is 11.9 Å². The summed E-state index contributed by atoms with van der Waals surface area (Å²) in [4.78, 5) is -0.707. The minimum Gasteiger partial charge on any atom is -0.210 e. The number of halogens is 3. The number of sulfonamides is 1. The van der Waals surface area contributed by atoms with Crippen molar-refractivity contribution >= 4 is 21.6 Å². The van der Waals surface area contributed by atoms with Crippen molar-refractivity contribution in [1.29, 1.82) is 0 Å². The van der Waals surface area contributed by atoms with Crippen LogP contribution in [0.2, 0.25) is 0 Å². The fourth-order valence-electron chi connectivity index (χ4n) is 1.56. The molecule has 1 N–H and O–H groups in total. The van der Waals surface area contributed by atoms with Gasteiger partial charge in [-0.15, -0.1) is 11.6 Å². The Labute approximate surface area is 117 Å². The maximum Gasteiger partial charge on any atom is 0.243 e. The molecule has 7 heteroatoms. The zero-order valence-electron chi connectivity index (χ0n) is 10.7. The summed E-state index contributed by atoms with van der Waals surface area (Å²) in [6.45, 7) is 3.88. The van der Waals surface area contributed by atoms with Crippen LogP contribution in [0.3, 0.4) is 0 Å². The molecular weight excluding hydrogens is 296 g/mol. The van der Waals surface area contributed by atoms with Gasteiger partial charge >= 0.3 is 0 Å². The highest BCUT2D eigenvalue weighted by molar-refractivity contribution is 7.89. The Morgan fingerprint density at radius 1 is 1.32 bits per heavy atom. The molecule has 1 aromatic carbocycles. The van der Waals surface area contributed by atoms with Gasteiger partial charge in [0.25, 0.3) is 0 Å². The third-order valence-electron chi connectivity index (χ3n) is 2.40. The molecule has 1 aromatic rings. The fraction of sp³-hybridized carbons (Fsp3) is 0.500. The molecule has 0 fully saturated rings. The van der Waals surface area contributed by atoms with Crippen LogP contribution in [0, 0.1) is 17.6 Å². The lowest BCUT2D eigenvalue weighted by Gasteiger charge is -2.13. The van der Waals surface area contributed by atoms with Crippen LogP contribution in [0.5, 0.6) is 0 Å². The minimum absolute atomic E-state index is 0.0297. The highest BCUT2D eigenvalue weighted by atomic mass is 35.5. The van der Waals surface area contributed by atoms with E-state index in [2.05, 4.69) is 4.72 Å². The number of rotatable bonds is 6. The molecule has 0 amide bonds. The molecule has 0 aliphatic carbocycles. The van der Waals surface area contributed by atoms with Crippen LogP contribution < -0.4 is 4.72 Å². The molecule has 1 atom stereocenters. The van der Waals surface area contributed by atoms with E-state index < -0.39 is 31.9 Å². The number of alkyl halides is 1. The van der Waals surface area contributed by atoms with Crippen molar-refractivity contribution in [1.82, 2.24) is 4.72 Å². The quantitative estimate of drug-likeness (QED) is 0.821. The van der Waals surface area contributed by atoms with E-state index in [4.69, 9.17) is 11.6 Å². The Kier molecular flexibility index (Phi) is 5.70. The molecule has 0 aromatic heterocycles. The van der Waals surface area contributed by atoms with Gasteiger partial charge in [-0.25, -0.2) is 21.9 Å². The first-order valence-electron chi connectivity index (χ1n) is 5.81. The third kappa shape index (κ3) is 5.04. The van der Waals surface area contributed by atoms with E-state index in [-0.39, 0.29) is 6.54 Å². The highest BCUT2D eigenvalue weighted by Crippen LogP contribution is 2.16. The average molecular weight is 312 g/mol. The van der Waals surface area contributed by atoms with Gasteiger partial charge in [-0.05, 0) is 30.5 Å². The van der Waals surface area contributed by atoms with Gasteiger partial charge in [-0.1, -0.05) is 13.8 Å². The standard InChI is InChI=1S/C12H16ClF2NO2S/c1-8(2)5-9(13)7-16-19(17,18)12-6-10(14)3-4-11(12)15/h3-4,6,8-9,16H,5,7H2,1-2H3. The zero-order valence-corrected chi connectivity index (χ0v) is 12.2. The van der Waals surface area contributed by atoms with Crippen molar-refractivity contribution < 1.29 is 17.2 Å². The fourth-order valence-corrected chi connectivity index (χ4v) is 3.25. The predicted octanol–water partition coefficient (Wildman–Crippen LogP) is 2.90. The Morgan fingerprint density at radius 3 is 2.53 bits per heavy atom. The van der Waals surface area contributed by atoms with E-state index >= 15 is 0 Å². The summed E-state index contributed by atoms with van der Waals surface area (Å²) in [5.74, 6) is -1.49. The van der Waals surface area contributed by atoms with Gasteiger partial charge in [0.2, 0.25) is 10.0 Å². The Morgan fingerprint density at radius 2 is 1.95 bits per heavy atom. The van der Waals surface area contributed by atoms with Crippen molar-refractivity contribution in [3.63, 3.8) is 0 Å². The molecule has 0 bridgehead atoms. The second-order valence-electron chi connectivity index (χ2n) is 4.65. The molecule has 0 saturated heterocycles. The van der Waals surface area contributed by atoms with E-state index in [0.29, 0.717) is 18.4 Å². The number of hydrogen-bond donors (Lipinski definition) is 1. The average Bonchev–Trinajstić information content (AvgIpc) is 2.29. The molecule has 0 radical (unpaired) electrons. The van der Waals surface area contributed by atoms with E-state index in [1.807, 2.05) is 13.8 Å². The summed E-state index contributed by atoms with van der Waals surface area (Å²) in [6.07, 6.45) is 0.621. The van der Waals surface area contributed by atoms with E-state index in [1.54, 1.807) is 0 Å². The molecule has 0 aliphatic heterocycles. The number of benzene rings is 1. The van der Waals surface area contributed by atoms with Crippen LogP contribution in [0.1, 0.15) is 20.3 Å². The second kappa shape index (κ2) is 6.63. The van der Waals surface area contributed by atoms with Crippen LogP contribution >= 0.6 is 11.6 Å². The SMILES string of the molecule is CC(C)CC(Cl)CNS(=O)(=O)c1cc(F)ccc1F. The van der Waals surface area contributed by atoms with Crippen LogP contribution in [0.25, 0.3) is 0 Å². The second-order valence-corrected chi connectivity index (χ2v) is 7.01. The van der Waals surface area contributed by atoms with Crippen LogP contribution in [-0.4, -0.2) is 20.3 Å². The summed E-state index contributed by atoms with van der Waals surface area (Å²) in [6, 6.07) is 2.27. The largest absolute Gasteiger partial charge is 0.243 e. The molecule has 108 valence electrons. The lowest BCUT2D eigenvalue weighted by molar-refractivity contribution is 0.532. The zero-order chi connectivity index (χ0) is 14.6. The van der Waals surface area contributed by atoms with Gasteiger partial charge in [0.1, 0.15) is 16.5 Å². The van der Waals surface area contributed by atoms with Crippen molar-refractivity contribution in [3.8, 4) is 0 Å². The predicted molar refractivity (Wildman–Crippen MR) is 70.6 cm³/mol. The summed E-state index contributed by atoms with van der Waals surface area (Å²) < 4.78 is 52.2. The van der Waals surface area contributed by atoms with Crippen molar-refractivity contribution in [2.45, 2.75) is 30.5 Å². The van der Waals surface area contributed by atoms with Gasteiger partial charge in [-0.2, -0.15) is 0 Å². The Balaban J connectivity index is 2.79. The lowest BCUT2D eigenvalue weighted by atomic mass is 10.1. The molecule has 0 spiro atoms. The number of nitrogens with one attached hydrogen (secondary N) is 1. The lowest BCUT2D eigenvalue weighted by Crippen LogP contribution is -2.31. The van der Waals surface area contributed by atoms with Gasteiger partial charge in [0.05, 0.1) is 0 Å². The number of hydrogen-bond acceptors (Lipinski definition) is 2. The first-order chi connectivity index (χ1) is 8.72. The molecular formula is C12H16ClF2NO2S. The summed E-state index contributed by atoms with van der Waals surface area (Å²) in [7, 11) is -4.09. The monoisotopic (exact) mass is 311 g/mol. The Bertz CT molecular complexity index is 535. The van der Waals surface area contributed by atoms with E-state index in [1.165, 1.54) is 0 Å². The van der Waals surface area contributed by atoms with Crippen molar-refractivity contribution in [2.75, 3.05) is 6.54 Å². The first kappa shape index (κ1) is 16.3. The molecule has 0 aliphatic rings. The molecule has 1 rings (SSSR count). The van der Waals surface area contributed by atoms with Crippen molar-refractivity contribution in [3.05, 3.63) is 29.8 Å². The van der Waals surface area contributed by atoms with E-state index in [9.17, 15) is 17.2 Å². The Hall–Kier alpha value is -0.720. The highest BCUT2D eigenvalue weighted by Gasteiger charge is 2.21. The van der Waals surface area contributed by atoms with E-state index in [0.717, 1.165) is 12.1 Å². The summed E-state index contributed by atoms with van der Waals surface area (Å²) >= 11 is 5.95. The topological polar surface area (TPSA) is 46.2 Å². The van der Waals surface area contributed by atoms with Gasteiger partial charge in [-0.3, -0.25) is 0 Å². The summed E-state index contributed by atoms with van der Waals surface area (Å²) in [5.41, 5.74) is 0. The van der Waals surface area contributed by atoms with Crippen LogP contribution in [0.4, 0.5) is 8.78 Å². The maximum atomic E-state index is 13.4. The van der Waals surface area contributed by atoms with Crippen LogP contribution in [-0.2, 0) is 10.0 Å². The first-order valence-corrected chi connectivity index (χ1v) is 7.73. The molecule has 0 saturated carbocycles.